The average molecular weight is 462 g/mol. The van der Waals surface area contributed by atoms with Crippen LogP contribution in [0.25, 0.3) is 10.8 Å². The van der Waals surface area contributed by atoms with Crippen LogP contribution in [0.5, 0.6) is 0 Å². The van der Waals surface area contributed by atoms with Crippen molar-refractivity contribution >= 4 is 22.5 Å². The molecule has 1 saturated heterocycles. The van der Waals surface area contributed by atoms with E-state index < -0.39 is 0 Å². The van der Waals surface area contributed by atoms with E-state index >= 15 is 0 Å². The summed E-state index contributed by atoms with van der Waals surface area (Å²) in [7, 11) is 0. The summed E-state index contributed by atoms with van der Waals surface area (Å²) in [5.74, 6) is 2.01. The Bertz CT molecular complexity index is 1290. The van der Waals surface area contributed by atoms with Crippen molar-refractivity contribution < 1.29 is 9.26 Å². The number of ether oxygens (including phenoxy) is 1. The predicted molar refractivity (Wildman–Crippen MR) is 130 cm³/mol. The van der Waals surface area contributed by atoms with Gasteiger partial charge in [-0.2, -0.15) is 5.10 Å². The zero-order valence-electron chi connectivity index (χ0n) is 18.7. The molecule has 0 saturated carbocycles. The summed E-state index contributed by atoms with van der Waals surface area (Å²) in [4.78, 5) is 14.5. The molecular weight excluding hydrogens is 434 g/mol. The van der Waals surface area contributed by atoms with Crippen LogP contribution in [0.4, 0.5) is 0 Å². The SMILES string of the molecule is Cc1cc(Cn2nc(CC3CCOCC3)c3ccc(SCc4ccccc4)cc3c2=O)on1. The Hall–Kier alpha value is -2.90. The van der Waals surface area contributed by atoms with Gasteiger partial charge in [-0.15, -0.1) is 11.8 Å². The van der Waals surface area contributed by atoms with Gasteiger partial charge in [0.05, 0.1) is 16.8 Å². The molecular formula is C26H27N3O3S. The Morgan fingerprint density at radius 1 is 1.06 bits per heavy atom. The van der Waals surface area contributed by atoms with E-state index in [0.717, 1.165) is 59.9 Å². The molecule has 6 nitrogen and oxygen atoms in total. The van der Waals surface area contributed by atoms with Gasteiger partial charge < -0.3 is 9.26 Å². The zero-order valence-corrected chi connectivity index (χ0v) is 19.5. The quantitative estimate of drug-likeness (QED) is 0.361. The largest absolute Gasteiger partial charge is 0.381 e. The molecule has 1 aliphatic heterocycles. The minimum atomic E-state index is -0.100. The Morgan fingerprint density at radius 2 is 1.88 bits per heavy atom. The van der Waals surface area contributed by atoms with Crippen molar-refractivity contribution in [2.24, 2.45) is 5.92 Å². The summed E-state index contributed by atoms with van der Waals surface area (Å²) in [6, 6.07) is 18.4. The Balaban J connectivity index is 1.50. The van der Waals surface area contributed by atoms with Crippen LogP contribution >= 0.6 is 11.8 Å². The number of benzene rings is 2. The summed E-state index contributed by atoms with van der Waals surface area (Å²) in [6.45, 7) is 3.73. The molecule has 1 fully saturated rings. The van der Waals surface area contributed by atoms with Gasteiger partial charge in [0.25, 0.3) is 5.56 Å². The van der Waals surface area contributed by atoms with Gasteiger partial charge in [-0.25, -0.2) is 4.68 Å². The molecule has 2 aromatic heterocycles. The van der Waals surface area contributed by atoms with Crippen LogP contribution in [-0.2, 0) is 23.5 Å². The van der Waals surface area contributed by atoms with Gasteiger partial charge in [0, 0.05) is 35.3 Å². The second-order valence-electron chi connectivity index (χ2n) is 8.59. The standard InChI is InChI=1S/C26H27N3O3S/c1-18-13-21(32-28-18)16-29-26(30)24-15-22(33-17-20-5-3-2-4-6-20)7-8-23(24)25(27-29)14-19-9-11-31-12-10-19/h2-8,13,15,19H,9-12,14,16-17H2,1H3. The normalized spacial score (nSPS) is 14.7. The summed E-state index contributed by atoms with van der Waals surface area (Å²) < 4.78 is 12.4. The van der Waals surface area contributed by atoms with E-state index in [1.165, 1.54) is 10.2 Å². The van der Waals surface area contributed by atoms with E-state index in [0.29, 0.717) is 17.1 Å². The van der Waals surface area contributed by atoms with Crippen molar-refractivity contribution in [2.75, 3.05) is 13.2 Å². The van der Waals surface area contributed by atoms with E-state index in [9.17, 15) is 4.79 Å². The highest BCUT2D eigenvalue weighted by atomic mass is 32.2. The third-order valence-corrected chi connectivity index (χ3v) is 7.13. The fourth-order valence-corrected chi connectivity index (χ4v) is 5.18. The maximum absolute atomic E-state index is 13.4. The fourth-order valence-electron chi connectivity index (χ4n) is 4.29. The van der Waals surface area contributed by atoms with Crippen molar-refractivity contribution in [3.05, 3.63) is 87.7 Å². The van der Waals surface area contributed by atoms with Crippen LogP contribution in [0.2, 0.25) is 0 Å². The van der Waals surface area contributed by atoms with Gasteiger partial charge in [0.15, 0.2) is 5.76 Å². The molecule has 33 heavy (non-hydrogen) atoms. The van der Waals surface area contributed by atoms with Crippen molar-refractivity contribution in [2.45, 2.75) is 43.4 Å². The first-order valence-corrected chi connectivity index (χ1v) is 12.3. The van der Waals surface area contributed by atoms with E-state index in [-0.39, 0.29) is 12.1 Å². The summed E-state index contributed by atoms with van der Waals surface area (Å²) in [6.07, 6.45) is 2.88. The number of rotatable bonds is 7. The number of hydrogen-bond acceptors (Lipinski definition) is 6. The third kappa shape index (κ3) is 5.20. The fraction of sp³-hybridized carbons (Fsp3) is 0.346. The summed E-state index contributed by atoms with van der Waals surface area (Å²) in [5, 5.41) is 10.4. The Kier molecular flexibility index (Phi) is 6.60. The molecule has 4 aromatic rings. The predicted octanol–water partition coefficient (Wildman–Crippen LogP) is 5.00. The summed E-state index contributed by atoms with van der Waals surface area (Å²) in [5.41, 5.74) is 2.92. The molecule has 7 heteroatoms. The first kappa shape index (κ1) is 21.9. The van der Waals surface area contributed by atoms with Crippen molar-refractivity contribution in [1.82, 2.24) is 14.9 Å². The smallest absolute Gasteiger partial charge is 0.275 e. The second kappa shape index (κ2) is 9.93. The van der Waals surface area contributed by atoms with Crippen LogP contribution < -0.4 is 5.56 Å². The minimum Gasteiger partial charge on any atom is -0.381 e. The average Bonchev–Trinajstić information content (AvgIpc) is 3.26. The molecule has 0 atom stereocenters. The van der Waals surface area contributed by atoms with E-state index in [1.807, 2.05) is 25.1 Å². The lowest BCUT2D eigenvalue weighted by Crippen LogP contribution is -2.26. The monoisotopic (exact) mass is 461 g/mol. The number of nitrogens with zero attached hydrogens (tertiary/aromatic N) is 3. The minimum absolute atomic E-state index is 0.100. The topological polar surface area (TPSA) is 70.2 Å². The number of thioether (sulfide) groups is 1. The van der Waals surface area contributed by atoms with Crippen molar-refractivity contribution in [3.63, 3.8) is 0 Å². The molecule has 1 aliphatic rings. The van der Waals surface area contributed by atoms with Crippen molar-refractivity contribution in [1.29, 1.82) is 0 Å². The number of aryl methyl sites for hydroxylation is 1. The molecule has 0 bridgehead atoms. The first-order chi connectivity index (χ1) is 16.2. The molecule has 2 aromatic carbocycles. The van der Waals surface area contributed by atoms with Gasteiger partial charge in [-0.3, -0.25) is 4.79 Å². The van der Waals surface area contributed by atoms with E-state index in [2.05, 4.69) is 41.6 Å². The lowest BCUT2D eigenvalue weighted by molar-refractivity contribution is 0.0662. The molecule has 0 N–H and O–H groups in total. The Labute approximate surface area is 196 Å². The zero-order chi connectivity index (χ0) is 22.6. The molecule has 0 unspecified atom stereocenters. The lowest BCUT2D eigenvalue weighted by Gasteiger charge is -2.22. The van der Waals surface area contributed by atoms with Crippen molar-refractivity contribution in [3.8, 4) is 0 Å². The van der Waals surface area contributed by atoms with E-state index in [1.54, 1.807) is 11.8 Å². The molecule has 0 amide bonds. The van der Waals surface area contributed by atoms with Crippen LogP contribution in [0.3, 0.4) is 0 Å². The van der Waals surface area contributed by atoms with Crippen LogP contribution in [-0.4, -0.2) is 28.2 Å². The van der Waals surface area contributed by atoms with Gasteiger partial charge in [0.2, 0.25) is 0 Å². The molecule has 170 valence electrons. The highest BCUT2D eigenvalue weighted by molar-refractivity contribution is 7.98. The van der Waals surface area contributed by atoms with Gasteiger partial charge in [-0.05, 0) is 49.8 Å². The number of fused-ring (bicyclic) bond motifs is 1. The highest BCUT2D eigenvalue weighted by Gasteiger charge is 2.19. The molecule has 0 radical (unpaired) electrons. The lowest BCUT2D eigenvalue weighted by atomic mass is 9.93. The maximum atomic E-state index is 13.4. The third-order valence-electron chi connectivity index (χ3n) is 6.06. The maximum Gasteiger partial charge on any atom is 0.275 e. The van der Waals surface area contributed by atoms with Gasteiger partial charge in [0.1, 0.15) is 6.54 Å². The van der Waals surface area contributed by atoms with Crippen LogP contribution in [0, 0.1) is 12.8 Å². The molecule has 0 aliphatic carbocycles. The second-order valence-corrected chi connectivity index (χ2v) is 9.63. The number of aromatic nitrogens is 3. The van der Waals surface area contributed by atoms with E-state index in [4.69, 9.17) is 14.4 Å². The van der Waals surface area contributed by atoms with Crippen LogP contribution in [0.1, 0.15) is 35.6 Å². The Morgan fingerprint density at radius 3 is 2.64 bits per heavy atom. The summed E-state index contributed by atoms with van der Waals surface area (Å²) >= 11 is 1.74. The molecule has 3 heterocycles. The molecule has 0 spiro atoms. The first-order valence-electron chi connectivity index (χ1n) is 11.4. The van der Waals surface area contributed by atoms with Gasteiger partial charge in [-0.1, -0.05) is 41.6 Å². The highest BCUT2D eigenvalue weighted by Crippen LogP contribution is 2.28. The number of hydrogen-bond donors (Lipinski definition) is 0. The van der Waals surface area contributed by atoms with Crippen LogP contribution in [0.15, 0.2) is 68.8 Å². The molecule has 5 rings (SSSR count). The van der Waals surface area contributed by atoms with Gasteiger partial charge >= 0.3 is 0 Å².